The molecule has 0 aromatic carbocycles. The molecule has 106 valence electrons. The van der Waals surface area contributed by atoms with Crippen molar-refractivity contribution in [3.05, 3.63) is 11.3 Å². The van der Waals surface area contributed by atoms with Crippen LogP contribution in [0.15, 0.2) is 0 Å². The van der Waals surface area contributed by atoms with Crippen molar-refractivity contribution < 1.29 is 14.7 Å². The Morgan fingerprint density at radius 1 is 1.47 bits per heavy atom. The minimum atomic E-state index is -1.07. The Balaban J connectivity index is 2.92. The summed E-state index contributed by atoms with van der Waals surface area (Å²) in [5.41, 5.74) is 6.36. The number of carbonyl (C=O) groups excluding carboxylic acids is 1. The van der Waals surface area contributed by atoms with Crippen LogP contribution in [0.25, 0.3) is 0 Å². The van der Waals surface area contributed by atoms with Gasteiger partial charge in [-0.3, -0.25) is 4.79 Å². The largest absolute Gasteiger partial charge is 0.478 e. The van der Waals surface area contributed by atoms with Crippen LogP contribution in [0, 0.1) is 12.8 Å². The van der Waals surface area contributed by atoms with Crippen LogP contribution in [0.5, 0.6) is 0 Å². The van der Waals surface area contributed by atoms with Crippen LogP contribution < -0.4 is 10.6 Å². The van der Waals surface area contributed by atoms with Crippen molar-refractivity contribution in [1.82, 2.24) is 4.37 Å². The van der Waals surface area contributed by atoms with Crippen molar-refractivity contribution in [2.75, 3.05) is 11.9 Å². The van der Waals surface area contributed by atoms with Gasteiger partial charge >= 0.3 is 5.97 Å². The van der Waals surface area contributed by atoms with Gasteiger partial charge in [0.1, 0.15) is 10.6 Å². The van der Waals surface area contributed by atoms with Crippen LogP contribution >= 0.6 is 11.5 Å². The average Bonchev–Trinajstić information content (AvgIpc) is 2.69. The number of anilines is 1. The summed E-state index contributed by atoms with van der Waals surface area (Å²) < 4.78 is 3.99. The molecule has 1 aromatic heterocycles. The zero-order valence-corrected chi connectivity index (χ0v) is 12.3. The lowest BCUT2D eigenvalue weighted by molar-refractivity contribution is -0.118. The van der Waals surface area contributed by atoms with E-state index < -0.39 is 5.97 Å². The van der Waals surface area contributed by atoms with E-state index in [2.05, 4.69) is 4.37 Å². The third-order valence-corrected chi connectivity index (χ3v) is 4.02. The number of aromatic carboxylic acids is 1. The molecule has 0 saturated carbocycles. The number of hydrogen-bond acceptors (Lipinski definition) is 5. The summed E-state index contributed by atoms with van der Waals surface area (Å²) in [5.74, 6) is -1.08. The molecule has 1 aromatic rings. The second-order valence-electron chi connectivity index (χ2n) is 4.82. The molecule has 0 bridgehead atoms. The molecule has 1 heterocycles. The summed E-state index contributed by atoms with van der Waals surface area (Å²) in [7, 11) is 1.55. The van der Waals surface area contributed by atoms with Crippen LogP contribution in [-0.2, 0) is 4.79 Å². The van der Waals surface area contributed by atoms with Gasteiger partial charge in [-0.05, 0) is 24.4 Å². The fraction of sp³-hybridized carbons (Fsp3) is 0.583. The zero-order valence-electron chi connectivity index (χ0n) is 11.5. The predicted octanol–water partition coefficient (Wildman–Crippen LogP) is 1.49. The van der Waals surface area contributed by atoms with E-state index in [-0.39, 0.29) is 29.9 Å². The molecule has 0 spiro atoms. The highest BCUT2D eigenvalue weighted by Crippen LogP contribution is 2.28. The molecule has 0 aliphatic heterocycles. The molecule has 0 aliphatic carbocycles. The number of nitrogens with two attached hydrogens (primary N) is 1. The highest BCUT2D eigenvalue weighted by Gasteiger charge is 2.25. The lowest BCUT2D eigenvalue weighted by Crippen LogP contribution is -2.36. The van der Waals surface area contributed by atoms with E-state index in [1.54, 1.807) is 14.0 Å². The molecule has 0 aliphatic rings. The minimum Gasteiger partial charge on any atom is -0.478 e. The Morgan fingerprint density at radius 3 is 2.53 bits per heavy atom. The second kappa shape index (κ2) is 6.12. The summed E-state index contributed by atoms with van der Waals surface area (Å²) in [5, 5.41) is 9.49. The van der Waals surface area contributed by atoms with Crippen LogP contribution in [-0.4, -0.2) is 34.4 Å². The maximum atomic E-state index is 12.1. The van der Waals surface area contributed by atoms with Crippen LogP contribution in [0.3, 0.4) is 0 Å². The first-order valence-electron chi connectivity index (χ1n) is 5.97. The number of carbonyl (C=O) groups is 2. The smallest absolute Gasteiger partial charge is 0.340 e. The topological polar surface area (TPSA) is 96.5 Å². The van der Waals surface area contributed by atoms with E-state index in [0.29, 0.717) is 10.7 Å². The summed E-state index contributed by atoms with van der Waals surface area (Å²) in [4.78, 5) is 24.6. The molecular formula is C12H19N3O3S. The predicted molar refractivity (Wildman–Crippen MR) is 74.7 cm³/mol. The number of carboxylic acids is 1. The second-order valence-corrected chi connectivity index (χ2v) is 5.57. The Labute approximate surface area is 116 Å². The first kappa shape index (κ1) is 15.6. The molecule has 1 amide bonds. The minimum absolute atomic E-state index is 0.0824. The van der Waals surface area contributed by atoms with Crippen molar-refractivity contribution >= 4 is 28.4 Å². The number of nitrogens with zero attached hydrogens (tertiary/aromatic N) is 2. The van der Waals surface area contributed by atoms with Gasteiger partial charge in [0, 0.05) is 19.5 Å². The first-order valence-corrected chi connectivity index (χ1v) is 6.74. The molecule has 1 unspecified atom stereocenters. The molecular weight excluding hydrogens is 266 g/mol. The zero-order chi connectivity index (χ0) is 14.7. The molecule has 3 N–H and O–H groups in total. The fourth-order valence-corrected chi connectivity index (χ4v) is 2.39. The third-order valence-electron chi connectivity index (χ3n) is 3.00. The van der Waals surface area contributed by atoms with Crippen LogP contribution in [0.4, 0.5) is 5.00 Å². The van der Waals surface area contributed by atoms with Gasteiger partial charge < -0.3 is 15.7 Å². The van der Waals surface area contributed by atoms with Crippen molar-refractivity contribution in [3.8, 4) is 0 Å². The molecule has 0 saturated heterocycles. The van der Waals surface area contributed by atoms with Gasteiger partial charge in [-0.1, -0.05) is 13.8 Å². The number of carboxylic acid groups (broad SMARTS) is 1. The van der Waals surface area contributed by atoms with Crippen molar-refractivity contribution in [2.24, 2.45) is 11.7 Å². The maximum absolute atomic E-state index is 12.1. The Kier molecular flexibility index (Phi) is 5.02. The number of amides is 1. The number of hydrogen-bond donors (Lipinski definition) is 2. The quantitative estimate of drug-likeness (QED) is 0.854. The van der Waals surface area contributed by atoms with E-state index in [1.165, 1.54) is 4.90 Å². The fourth-order valence-electron chi connectivity index (χ4n) is 1.52. The molecule has 6 nitrogen and oxygen atoms in total. The Bertz CT molecular complexity index is 485. The molecule has 0 fully saturated rings. The van der Waals surface area contributed by atoms with Crippen molar-refractivity contribution in [2.45, 2.75) is 33.2 Å². The van der Waals surface area contributed by atoms with Gasteiger partial charge in [-0.25, -0.2) is 4.79 Å². The highest BCUT2D eigenvalue weighted by atomic mass is 32.1. The summed E-state index contributed by atoms with van der Waals surface area (Å²) in [6, 6.07) is -0.239. The Morgan fingerprint density at radius 2 is 2.05 bits per heavy atom. The van der Waals surface area contributed by atoms with Gasteiger partial charge in [0.2, 0.25) is 5.91 Å². The lowest BCUT2D eigenvalue weighted by Gasteiger charge is -2.20. The summed E-state index contributed by atoms with van der Waals surface area (Å²) >= 11 is 1.01. The first-order chi connectivity index (χ1) is 8.75. The number of aromatic nitrogens is 1. The van der Waals surface area contributed by atoms with Gasteiger partial charge in [-0.15, -0.1) is 0 Å². The highest BCUT2D eigenvalue weighted by molar-refractivity contribution is 7.11. The number of rotatable bonds is 5. The van der Waals surface area contributed by atoms with Gasteiger partial charge in [0.05, 0.1) is 5.69 Å². The number of aryl methyl sites for hydroxylation is 1. The van der Waals surface area contributed by atoms with Crippen molar-refractivity contribution in [1.29, 1.82) is 0 Å². The van der Waals surface area contributed by atoms with E-state index in [1.807, 2.05) is 13.8 Å². The maximum Gasteiger partial charge on any atom is 0.340 e. The third kappa shape index (κ3) is 3.51. The molecule has 0 radical (unpaired) electrons. The SMILES string of the molecule is Cc1nsc(N(C)C(=O)CC(N)C(C)C)c1C(=O)O. The van der Waals surface area contributed by atoms with Gasteiger partial charge in [-0.2, -0.15) is 4.37 Å². The molecule has 19 heavy (non-hydrogen) atoms. The lowest BCUT2D eigenvalue weighted by atomic mass is 10.0. The molecule has 1 atom stereocenters. The molecule has 7 heteroatoms. The van der Waals surface area contributed by atoms with Crippen LogP contribution in [0.2, 0.25) is 0 Å². The summed E-state index contributed by atoms with van der Waals surface area (Å²) in [6.07, 6.45) is 0.185. The monoisotopic (exact) mass is 285 g/mol. The van der Waals surface area contributed by atoms with Crippen molar-refractivity contribution in [3.63, 3.8) is 0 Å². The van der Waals surface area contributed by atoms with Gasteiger partial charge in [0.25, 0.3) is 0 Å². The van der Waals surface area contributed by atoms with Gasteiger partial charge in [0.15, 0.2) is 0 Å². The standard InChI is InChI=1S/C12H19N3O3S/c1-6(2)8(13)5-9(16)15(4)11-10(12(17)18)7(3)14-19-11/h6,8H,5,13H2,1-4H3,(H,17,18). The Hall–Kier alpha value is -1.47. The van der Waals surface area contributed by atoms with E-state index in [9.17, 15) is 9.59 Å². The summed E-state index contributed by atoms with van der Waals surface area (Å²) in [6.45, 7) is 5.50. The van der Waals surface area contributed by atoms with E-state index >= 15 is 0 Å². The molecule has 1 rings (SSSR count). The van der Waals surface area contributed by atoms with E-state index in [0.717, 1.165) is 11.5 Å². The van der Waals surface area contributed by atoms with Crippen LogP contribution in [0.1, 0.15) is 36.3 Å². The normalized spacial score (nSPS) is 12.5. The average molecular weight is 285 g/mol. The van der Waals surface area contributed by atoms with E-state index in [4.69, 9.17) is 10.8 Å².